The monoisotopic (exact) mass is 274 g/mol. The third-order valence-electron chi connectivity index (χ3n) is 3.81. The van der Waals surface area contributed by atoms with Gasteiger partial charge in [-0.25, -0.2) is 0 Å². The Morgan fingerprint density at radius 2 is 1.90 bits per heavy atom. The zero-order chi connectivity index (χ0) is 14.5. The molecule has 1 aliphatic heterocycles. The van der Waals surface area contributed by atoms with Gasteiger partial charge >= 0.3 is 0 Å². The first kappa shape index (κ1) is 14.6. The van der Waals surface area contributed by atoms with Gasteiger partial charge in [0.1, 0.15) is 6.04 Å². The van der Waals surface area contributed by atoms with Crippen molar-refractivity contribution in [3.63, 3.8) is 0 Å². The predicted molar refractivity (Wildman–Crippen MR) is 77.9 cm³/mol. The van der Waals surface area contributed by atoms with Crippen LogP contribution in [-0.4, -0.2) is 40.7 Å². The van der Waals surface area contributed by atoms with E-state index in [1.165, 1.54) is 0 Å². The molecule has 2 rings (SSSR count). The molecule has 0 spiro atoms. The number of carbonyl (C=O) groups excluding carboxylic acids is 2. The second kappa shape index (κ2) is 6.55. The zero-order valence-electron chi connectivity index (χ0n) is 12.2. The van der Waals surface area contributed by atoms with Gasteiger partial charge in [0.05, 0.1) is 0 Å². The molecule has 1 heterocycles. The Morgan fingerprint density at radius 1 is 1.20 bits per heavy atom. The molecule has 1 unspecified atom stereocenters. The van der Waals surface area contributed by atoms with Gasteiger partial charge in [0.25, 0.3) is 0 Å². The lowest BCUT2D eigenvalue weighted by Crippen LogP contribution is -2.58. The van der Waals surface area contributed by atoms with E-state index < -0.39 is 0 Å². The average Bonchev–Trinajstić information content (AvgIpc) is 2.49. The minimum Gasteiger partial charge on any atom is -0.335 e. The number of piperazine rings is 1. The van der Waals surface area contributed by atoms with Gasteiger partial charge in [-0.3, -0.25) is 9.59 Å². The minimum absolute atomic E-state index is 0.0735. The highest BCUT2D eigenvalue weighted by Gasteiger charge is 2.35. The number of nitrogens with zero attached hydrogens (tertiary/aromatic N) is 2. The number of amides is 2. The summed E-state index contributed by atoms with van der Waals surface area (Å²) in [4.78, 5) is 28.0. The lowest BCUT2D eigenvalue weighted by molar-refractivity contribution is -0.152. The molecule has 0 saturated carbocycles. The number of benzene rings is 1. The van der Waals surface area contributed by atoms with Crippen molar-refractivity contribution in [1.82, 2.24) is 9.80 Å². The highest BCUT2D eigenvalue weighted by atomic mass is 16.2. The number of hydrogen-bond acceptors (Lipinski definition) is 2. The van der Waals surface area contributed by atoms with Crippen molar-refractivity contribution in [2.24, 2.45) is 0 Å². The molecule has 4 nitrogen and oxygen atoms in total. The van der Waals surface area contributed by atoms with Crippen molar-refractivity contribution in [2.45, 2.75) is 39.3 Å². The van der Waals surface area contributed by atoms with E-state index >= 15 is 0 Å². The summed E-state index contributed by atoms with van der Waals surface area (Å²) in [5, 5.41) is 0. The fourth-order valence-electron chi connectivity index (χ4n) is 2.70. The summed E-state index contributed by atoms with van der Waals surface area (Å²) in [6.45, 7) is 5.70. The maximum absolute atomic E-state index is 12.5. The number of rotatable bonds is 4. The smallest absolute Gasteiger partial charge is 0.245 e. The molecular formula is C16H22N2O2. The lowest BCUT2D eigenvalue weighted by Gasteiger charge is -2.40. The second-order valence-electron chi connectivity index (χ2n) is 5.11. The summed E-state index contributed by atoms with van der Waals surface area (Å²) in [6, 6.07) is 9.69. The molecule has 4 heteroatoms. The van der Waals surface area contributed by atoms with Crippen LogP contribution in [0.5, 0.6) is 0 Å². The molecule has 20 heavy (non-hydrogen) atoms. The normalized spacial score (nSPS) is 19.3. The van der Waals surface area contributed by atoms with Crippen LogP contribution in [0.4, 0.5) is 0 Å². The molecule has 0 bridgehead atoms. The van der Waals surface area contributed by atoms with Gasteiger partial charge in [0.2, 0.25) is 11.8 Å². The first-order valence-electron chi connectivity index (χ1n) is 7.29. The summed E-state index contributed by atoms with van der Waals surface area (Å²) >= 11 is 0. The number of carbonyl (C=O) groups is 2. The zero-order valence-corrected chi connectivity index (χ0v) is 12.2. The molecular weight excluding hydrogens is 252 g/mol. The fraction of sp³-hybridized carbons (Fsp3) is 0.500. The summed E-state index contributed by atoms with van der Waals surface area (Å²) in [5.41, 5.74) is 1.13. The molecule has 0 aliphatic carbocycles. The van der Waals surface area contributed by atoms with Crippen LogP contribution in [-0.2, 0) is 16.1 Å². The van der Waals surface area contributed by atoms with Crippen molar-refractivity contribution in [3.05, 3.63) is 35.9 Å². The SMILES string of the molecule is CCC(=O)N1CCN(Cc2ccccc2)C(=O)C1CC. The van der Waals surface area contributed by atoms with Crippen LogP contribution >= 0.6 is 0 Å². The summed E-state index contributed by atoms with van der Waals surface area (Å²) < 4.78 is 0. The average molecular weight is 274 g/mol. The first-order valence-corrected chi connectivity index (χ1v) is 7.29. The third kappa shape index (κ3) is 3.00. The van der Waals surface area contributed by atoms with Gasteiger partial charge in [-0.15, -0.1) is 0 Å². The van der Waals surface area contributed by atoms with Gasteiger partial charge in [0.15, 0.2) is 0 Å². The Balaban J connectivity index is 2.08. The quantitative estimate of drug-likeness (QED) is 0.843. The lowest BCUT2D eigenvalue weighted by atomic mass is 10.1. The van der Waals surface area contributed by atoms with Gasteiger partial charge in [0, 0.05) is 26.1 Å². The summed E-state index contributed by atoms with van der Waals surface area (Å²) in [7, 11) is 0. The van der Waals surface area contributed by atoms with E-state index in [1.54, 1.807) is 4.90 Å². The van der Waals surface area contributed by atoms with E-state index in [0.29, 0.717) is 32.5 Å². The Hall–Kier alpha value is -1.84. The molecule has 108 valence electrons. The van der Waals surface area contributed by atoms with Crippen molar-refractivity contribution in [1.29, 1.82) is 0 Å². The van der Waals surface area contributed by atoms with Gasteiger partial charge in [-0.1, -0.05) is 44.2 Å². The molecule has 2 amide bonds. The molecule has 1 aromatic rings. The second-order valence-corrected chi connectivity index (χ2v) is 5.11. The topological polar surface area (TPSA) is 40.6 Å². The van der Waals surface area contributed by atoms with E-state index in [0.717, 1.165) is 5.56 Å². The fourth-order valence-corrected chi connectivity index (χ4v) is 2.70. The standard InChI is InChI=1S/C16H22N2O2/c1-3-14-16(20)17(10-11-18(14)15(19)4-2)12-13-8-6-5-7-9-13/h5-9,14H,3-4,10-12H2,1-2H3. The van der Waals surface area contributed by atoms with Gasteiger partial charge < -0.3 is 9.80 Å². The maximum atomic E-state index is 12.5. The third-order valence-corrected chi connectivity index (χ3v) is 3.81. The molecule has 0 radical (unpaired) electrons. The molecule has 1 fully saturated rings. The highest BCUT2D eigenvalue weighted by Crippen LogP contribution is 2.18. The minimum atomic E-state index is -0.292. The van der Waals surface area contributed by atoms with E-state index in [4.69, 9.17) is 0 Å². The van der Waals surface area contributed by atoms with Crippen LogP contribution in [0.1, 0.15) is 32.3 Å². The van der Waals surface area contributed by atoms with E-state index in [1.807, 2.05) is 49.1 Å². The maximum Gasteiger partial charge on any atom is 0.245 e. The van der Waals surface area contributed by atoms with Crippen LogP contribution in [0.15, 0.2) is 30.3 Å². The van der Waals surface area contributed by atoms with Crippen molar-refractivity contribution in [2.75, 3.05) is 13.1 Å². The van der Waals surface area contributed by atoms with Gasteiger partial charge in [-0.05, 0) is 12.0 Å². The summed E-state index contributed by atoms with van der Waals surface area (Å²) in [5.74, 6) is 0.147. The predicted octanol–water partition coefficient (Wildman–Crippen LogP) is 2.05. The van der Waals surface area contributed by atoms with Crippen molar-refractivity contribution in [3.8, 4) is 0 Å². The molecule has 1 atom stereocenters. The van der Waals surface area contributed by atoms with Crippen molar-refractivity contribution >= 4 is 11.8 Å². The summed E-state index contributed by atoms with van der Waals surface area (Å²) in [6.07, 6.45) is 1.14. The van der Waals surface area contributed by atoms with E-state index in [-0.39, 0.29) is 17.9 Å². The van der Waals surface area contributed by atoms with Crippen LogP contribution in [0.3, 0.4) is 0 Å². The van der Waals surface area contributed by atoms with E-state index in [9.17, 15) is 9.59 Å². The largest absolute Gasteiger partial charge is 0.335 e. The molecule has 1 aliphatic rings. The number of hydrogen-bond donors (Lipinski definition) is 0. The Labute approximate surface area is 120 Å². The first-order chi connectivity index (χ1) is 9.67. The molecule has 0 aromatic heterocycles. The Morgan fingerprint density at radius 3 is 2.50 bits per heavy atom. The Kier molecular flexibility index (Phi) is 4.77. The molecule has 0 N–H and O–H groups in total. The highest BCUT2D eigenvalue weighted by molar-refractivity contribution is 5.88. The van der Waals surface area contributed by atoms with Crippen molar-refractivity contribution < 1.29 is 9.59 Å². The molecule has 1 aromatic carbocycles. The van der Waals surface area contributed by atoms with Crippen LogP contribution < -0.4 is 0 Å². The van der Waals surface area contributed by atoms with Crippen LogP contribution in [0, 0.1) is 0 Å². The van der Waals surface area contributed by atoms with Crippen LogP contribution in [0.25, 0.3) is 0 Å². The van der Waals surface area contributed by atoms with Crippen LogP contribution in [0.2, 0.25) is 0 Å². The van der Waals surface area contributed by atoms with Gasteiger partial charge in [-0.2, -0.15) is 0 Å². The molecule has 1 saturated heterocycles. The van der Waals surface area contributed by atoms with E-state index in [2.05, 4.69) is 0 Å². The Bertz CT molecular complexity index is 473.